The molecule has 0 spiro atoms. The Morgan fingerprint density at radius 3 is 2.05 bits per heavy atom. The van der Waals surface area contributed by atoms with E-state index in [-0.39, 0.29) is 12.8 Å². The molecular formula is C13H17F3O3. The van der Waals surface area contributed by atoms with Crippen molar-refractivity contribution in [2.45, 2.75) is 31.5 Å². The lowest BCUT2D eigenvalue weighted by Gasteiger charge is -2.14. The van der Waals surface area contributed by atoms with Crippen LogP contribution in [-0.2, 0) is 0 Å². The van der Waals surface area contributed by atoms with Gasteiger partial charge in [-0.25, -0.2) is 0 Å². The molecule has 1 aromatic rings. The van der Waals surface area contributed by atoms with Crippen LogP contribution in [0.15, 0.2) is 18.2 Å². The van der Waals surface area contributed by atoms with Crippen LogP contribution in [0.3, 0.4) is 0 Å². The molecule has 0 aliphatic rings. The SMILES string of the molecule is COc1cc(OC)cc(C(O)CCCC(F)(F)F)c1. The molecule has 3 nitrogen and oxygen atoms in total. The molecule has 0 saturated heterocycles. The molecule has 1 atom stereocenters. The third-order valence-electron chi connectivity index (χ3n) is 2.70. The first-order valence-electron chi connectivity index (χ1n) is 5.83. The summed E-state index contributed by atoms with van der Waals surface area (Å²) in [6.45, 7) is 0. The van der Waals surface area contributed by atoms with Gasteiger partial charge in [0.1, 0.15) is 11.5 Å². The van der Waals surface area contributed by atoms with Crippen LogP contribution < -0.4 is 9.47 Å². The minimum atomic E-state index is -4.19. The number of hydrogen-bond donors (Lipinski definition) is 1. The van der Waals surface area contributed by atoms with Crippen molar-refractivity contribution < 1.29 is 27.8 Å². The highest BCUT2D eigenvalue weighted by molar-refractivity contribution is 5.39. The maximum Gasteiger partial charge on any atom is 0.389 e. The lowest BCUT2D eigenvalue weighted by atomic mass is 10.0. The molecule has 1 rings (SSSR count). The molecule has 0 aliphatic carbocycles. The van der Waals surface area contributed by atoms with Gasteiger partial charge in [-0.1, -0.05) is 0 Å². The molecule has 0 saturated carbocycles. The van der Waals surface area contributed by atoms with Gasteiger partial charge in [-0.3, -0.25) is 0 Å². The molecule has 0 amide bonds. The number of ether oxygens (including phenoxy) is 2. The van der Waals surface area contributed by atoms with Crippen molar-refractivity contribution in [2.75, 3.05) is 14.2 Å². The highest BCUT2D eigenvalue weighted by atomic mass is 19.4. The van der Waals surface area contributed by atoms with Gasteiger partial charge in [0.05, 0.1) is 20.3 Å². The van der Waals surface area contributed by atoms with Crippen molar-refractivity contribution >= 4 is 0 Å². The zero-order valence-corrected chi connectivity index (χ0v) is 10.8. The number of methoxy groups -OCH3 is 2. The molecular weight excluding hydrogens is 261 g/mol. The maximum absolute atomic E-state index is 12.0. The Balaban J connectivity index is 2.68. The van der Waals surface area contributed by atoms with E-state index in [1.54, 1.807) is 18.2 Å². The quantitative estimate of drug-likeness (QED) is 0.866. The van der Waals surface area contributed by atoms with Gasteiger partial charge in [0.15, 0.2) is 0 Å². The van der Waals surface area contributed by atoms with Crippen molar-refractivity contribution in [1.82, 2.24) is 0 Å². The molecule has 19 heavy (non-hydrogen) atoms. The van der Waals surface area contributed by atoms with Crippen LogP contribution in [0.2, 0.25) is 0 Å². The van der Waals surface area contributed by atoms with Gasteiger partial charge >= 0.3 is 6.18 Å². The van der Waals surface area contributed by atoms with E-state index in [9.17, 15) is 18.3 Å². The number of hydrogen-bond acceptors (Lipinski definition) is 3. The minimum Gasteiger partial charge on any atom is -0.497 e. The fourth-order valence-corrected chi connectivity index (χ4v) is 1.68. The van der Waals surface area contributed by atoms with E-state index in [0.29, 0.717) is 17.1 Å². The maximum atomic E-state index is 12.0. The Hall–Kier alpha value is -1.43. The largest absolute Gasteiger partial charge is 0.497 e. The third kappa shape index (κ3) is 5.38. The molecule has 0 aliphatic heterocycles. The molecule has 0 bridgehead atoms. The van der Waals surface area contributed by atoms with Gasteiger partial charge in [0, 0.05) is 12.5 Å². The lowest BCUT2D eigenvalue weighted by Crippen LogP contribution is -2.08. The van der Waals surface area contributed by atoms with Crippen molar-refractivity contribution in [3.05, 3.63) is 23.8 Å². The number of rotatable bonds is 6. The smallest absolute Gasteiger partial charge is 0.389 e. The van der Waals surface area contributed by atoms with Crippen molar-refractivity contribution in [1.29, 1.82) is 0 Å². The fraction of sp³-hybridized carbons (Fsp3) is 0.538. The predicted octanol–water partition coefficient (Wildman–Crippen LogP) is 3.47. The van der Waals surface area contributed by atoms with Gasteiger partial charge in [-0.2, -0.15) is 13.2 Å². The van der Waals surface area contributed by atoms with Gasteiger partial charge in [0.2, 0.25) is 0 Å². The second-order valence-electron chi connectivity index (χ2n) is 4.17. The number of alkyl halides is 3. The van der Waals surface area contributed by atoms with Crippen molar-refractivity contribution in [3.8, 4) is 11.5 Å². The summed E-state index contributed by atoms with van der Waals surface area (Å²) in [4.78, 5) is 0. The lowest BCUT2D eigenvalue weighted by molar-refractivity contribution is -0.136. The molecule has 0 aromatic heterocycles. The van der Waals surface area contributed by atoms with E-state index in [4.69, 9.17) is 9.47 Å². The van der Waals surface area contributed by atoms with Crippen molar-refractivity contribution in [3.63, 3.8) is 0 Å². The van der Waals surface area contributed by atoms with E-state index in [0.717, 1.165) is 0 Å². The van der Waals surface area contributed by atoms with Crippen LogP contribution in [0.5, 0.6) is 11.5 Å². The molecule has 0 fully saturated rings. The second-order valence-corrected chi connectivity index (χ2v) is 4.17. The van der Waals surface area contributed by atoms with Crippen LogP contribution >= 0.6 is 0 Å². The van der Waals surface area contributed by atoms with Crippen LogP contribution in [-0.4, -0.2) is 25.5 Å². The van der Waals surface area contributed by atoms with E-state index >= 15 is 0 Å². The van der Waals surface area contributed by atoms with Gasteiger partial charge < -0.3 is 14.6 Å². The van der Waals surface area contributed by atoms with Gasteiger partial charge in [0.25, 0.3) is 0 Å². The zero-order chi connectivity index (χ0) is 14.5. The van der Waals surface area contributed by atoms with E-state index in [2.05, 4.69) is 0 Å². The summed E-state index contributed by atoms with van der Waals surface area (Å²) in [6.07, 6.45) is -6.14. The molecule has 1 N–H and O–H groups in total. The molecule has 0 radical (unpaired) electrons. The molecule has 1 aromatic carbocycles. The monoisotopic (exact) mass is 278 g/mol. The van der Waals surface area contributed by atoms with Gasteiger partial charge in [-0.05, 0) is 30.5 Å². The summed E-state index contributed by atoms with van der Waals surface area (Å²) >= 11 is 0. The molecule has 108 valence electrons. The van der Waals surface area contributed by atoms with E-state index < -0.39 is 18.7 Å². The summed E-state index contributed by atoms with van der Waals surface area (Å²) in [5.74, 6) is 0.980. The number of aliphatic hydroxyl groups excluding tert-OH is 1. The third-order valence-corrected chi connectivity index (χ3v) is 2.70. The predicted molar refractivity (Wildman–Crippen MR) is 64.4 cm³/mol. The Morgan fingerprint density at radius 2 is 1.63 bits per heavy atom. The summed E-state index contributed by atoms with van der Waals surface area (Å²) < 4.78 is 46.1. The van der Waals surface area contributed by atoms with E-state index in [1.807, 2.05) is 0 Å². The average Bonchev–Trinajstić information content (AvgIpc) is 2.36. The topological polar surface area (TPSA) is 38.7 Å². The normalized spacial score (nSPS) is 13.2. The fourth-order valence-electron chi connectivity index (χ4n) is 1.68. The standard InChI is InChI=1S/C13H17F3O3/c1-18-10-6-9(7-11(8-10)19-2)12(17)4-3-5-13(14,15)16/h6-8,12,17H,3-5H2,1-2H3. The highest BCUT2D eigenvalue weighted by Crippen LogP contribution is 2.30. The van der Waals surface area contributed by atoms with Crippen LogP contribution in [0.25, 0.3) is 0 Å². The van der Waals surface area contributed by atoms with Crippen molar-refractivity contribution in [2.24, 2.45) is 0 Å². The van der Waals surface area contributed by atoms with E-state index in [1.165, 1.54) is 14.2 Å². The first-order chi connectivity index (χ1) is 8.85. The first kappa shape index (κ1) is 15.6. The Morgan fingerprint density at radius 1 is 1.11 bits per heavy atom. The second kappa shape index (κ2) is 6.65. The first-order valence-corrected chi connectivity index (χ1v) is 5.83. The number of benzene rings is 1. The summed E-state index contributed by atoms with van der Waals surface area (Å²) in [6, 6.07) is 4.80. The summed E-state index contributed by atoms with van der Waals surface area (Å²) in [7, 11) is 2.93. The molecule has 0 heterocycles. The van der Waals surface area contributed by atoms with Crippen LogP contribution in [0.4, 0.5) is 13.2 Å². The molecule has 6 heteroatoms. The molecule has 1 unspecified atom stereocenters. The van der Waals surface area contributed by atoms with Gasteiger partial charge in [-0.15, -0.1) is 0 Å². The van der Waals surface area contributed by atoms with Crippen LogP contribution in [0, 0.1) is 0 Å². The van der Waals surface area contributed by atoms with Crippen LogP contribution in [0.1, 0.15) is 30.9 Å². The highest BCUT2D eigenvalue weighted by Gasteiger charge is 2.26. The number of halogens is 3. The average molecular weight is 278 g/mol. The Kier molecular flexibility index (Phi) is 5.47. The minimum absolute atomic E-state index is 0.0375. The number of aliphatic hydroxyl groups is 1. The Labute approximate surface area is 110 Å². The zero-order valence-electron chi connectivity index (χ0n) is 10.8. The summed E-state index contributed by atoms with van der Waals surface area (Å²) in [5.41, 5.74) is 0.485. The summed E-state index contributed by atoms with van der Waals surface area (Å²) in [5, 5.41) is 9.88. The Bertz CT molecular complexity index is 382.